The molecule has 1 rings (SSSR count). The molecule has 0 aliphatic heterocycles. The highest BCUT2D eigenvalue weighted by molar-refractivity contribution is 5.88. The lowest BCUT2D eigenvalue weighted by atomic mass is 9.95. The number of hydrogen-bond acceptors (Lipinski definition) is 3. The van der Waals surface area contributed by atoms with Gasteiger partial charge in [-0.05, 0) is 18.9 Å². The molecule has 1 aromatic rings. The van der Waals surface area contributed by atoms with Crippen LogP contribution in [0, 0.1) is 0 Å². The molecular weight excluding hydrogens is 262 g/mol. The Balaban J connectivity index is 2.68. The van der Waals surface area contributed by atoms with Crippen molar-refractivity contribution in [3.63, 3.8) is 0 Å². The minimum atomic E-state index is -1.58. The molecule has 1 atom stereocenters. The van der Waals surface area contributed by atoms with Crippen molar-refractivity contribution in [3.8, 4) is 0 Å². The van der Waals surface area contributed by atoms with Gasteiger partial charge in [0.1, 0.15) is 5.54 Å². The summed E-state index contributed by atoms with van der Waals surface area (Å²) in [6.45, 7) is 1.31. The molecule has 0 saturated heterocycles. The summed E-state index contributed by atoms with van der Waals surface area (Å²) >= 11 is 0. The summed E-state index contributed by atoms with van der Waals surface area (Å²) in [6, 6.07) is 8.90. The zero-order valence-corrected chi connectivity index (χ0v) is 11.1. The monoisotopic (exact) mass is 279 g/mol. The van der Waals surface area contributed by atoms with Crippen LogP contribution in [0.25, 0.3) is 0 Å². The average Bonchev–Trinajstić information content (AvgIpc) is 2.37. The average molecular weight is 279 g/mol. The van der Waals surface area contributed by atoms with Gasteiger partial charge >= 0.3 is 11.9 Å². The Labute approximate surface area is 116 Å². The first-order valence-electron chi connectivity index (χ1n) is 6.13. The van der Waals surface area contributed by atoms with Gasteiger partial charge in [-0.2, -0.15) is 0 Å². The lowest BCUT2D eigenvalue weighted by molar-refractivity contribution is -0.148. The zero-order valence-electron chi connectivity index (χ0n) is 11.1. The van der Waals surface area contributed by atoms with E-state index in [2.05, 4.69) is 5.32 Å². The van der Waals surface area contributed by atoms with Crippen LogP contribution in [-0.2, 0) is 20.8 Å². The fraction of sp³-hybridized carbons (Fsp3) is 0.357. The molecule has 0 spiro atoms. The quantitative estimate of drug-likeness (QED) is 0.692. The maximum atomic E-state index is 11.9. The fourth-order valence-corrected chi connectivity index (χ4v) is 1.71. The molecule has 0 aliphatic rings. The van der Waals surface area contributed by atoms with Gasteiger partial charge < -0.3 is 15.5 Å². The van der Waals surface area contributed by atoms with E-state index in [-0.39, 0.29) is 19.3 Å². The van der Waals surface area contributed by atoms with Gasteiger partial charge in [0, 0.05) is 6.42 Å². The second kappa shape index (κ2) is 6.70. The number of nitrogens with one attached hydrogen (secondary N) is 1. The standard InChI is InChI=1S/C14H17NO5/c1-14(13(19)20,8-7-12(17)18)15-11(16)9-10-5-3-2-4-6-10/h2-6H,7-9H2,1H3,(H,15,16)(H,17,18)(H,19,20). The molecule has 1 unspecified atom stereocenters. The van der Waals surface area contributed by atoms with Crippen molar-refractivity contribution in [3.05, 3.63) is 35.9 Å². The van der Waals surface area contributed by atoms with Crippen LogP contribution in [0.15, 0.2) is 30.3 Å². The fourth-order valence-electron chi connectivity index (χ4n) is 1.71. The predicted octanol–water partition coefficient (Wildman–Crippen LogP) is 1.05. The van der Waals surface area contributed by atoms with Crippen molar-refractivity contribution in [1.82, 2.24) is 5.32 Å². The SMILES string of the molecule is CC(CCC(=O)O)(NC(=O)Cc1ccccc1)C(=O)O. The number of aliphatic carboxylic acids is 2. The molecule has 6 nitrogen and oxygen atoms in total. The molecule has 0 bridgehead atoms. The number of hydrogen-bond donors (Lipinski definition) is 3. The third-order valence-corrected chi connectivity index (χ3v) is 2.93. The van der Waals surface area contributed by atoms with E-state index in [1.807, 2.05) is 6.07 Å². The van der Waals surface area contributed by atoms with Gasteiger partial charge in [0.2, 0.25) is 5.91 Å². The van der Waals surface area contributed by atoms with Crippen molar-refractivity contribution in [2.75, 3.05) is 0 Å². The Morgan fingerprint density at radius 1 is 1.15 bits per heavy atom. The number of amides is 1. The summed E-state index contributed by atoms with van der Waals surface area (Å²) in [7, 11) is 0. The molecule has 0 aliphatic carbocycles. The van der Waals surface area contributed by atoms with Crippen molar-refractivity contribution in [1.29, 1.82) is 0 Å². The summed E-state index contributed by atoms with van der Waals surface area (Å²) in [4.78, 5) is 33.6. The Morgan fingerprint density at radius 3 is 2.25 bits per heavy atom. The molecule has 3 N–H and O–H groups in total. The summed E-state index contributed by atoms with van der Waals surface area (Å²) in [5, 5.41) is 20.2. The third-order valence-electron chi connectivity index (χ3n) is 2.93. The van der Waals surface area contributed by atoms with E-state index in [0.29, 0.717) is 0 Å². The van der Waals surface area contributed by atoms with Gasteiger partial charge in [-0.25, -0.2) is 4.79 Å². The first kappa shape index (κ1) is 15.7. The number of carboxylic acid groups (broad SMARTS) is 2. The molecule has 0 saturated carbocycles. The third kappa shape index (κ3) is 4.72. The van der Waals surface area contributed by atoms with Crippen molar-refractivity contribution >= 4 is 17.8 Å². The van der Waals surface area contributed by atoms with Gasteiger partial charge in [-0.15, -0.1) is 0 Å². The van der Waals surface area contributed by atoms with E-state index in [1.165, 1.54) is 6.92 Å². The lowest BCUT2D eigenvalue weighted by Crippen LogP contribution is -2.52. The van der Waals surface area contributed by atoms with Gasteiger partial charge in [0.25, 0.3) is 0 Å². The Hall–Kier alpha value is -2.37. The highest BCUT2D eigenvalue weighted by atomic mass is 16.4. The first-order valence-corrected chi connectivity index (χ1v) is 6.13. The van der Waals surface area contributed by atoms with E-state index in [1.54, 1.807) is 24.3 Å². The van der Waals surface area contributed by atoms with Crippen molar-refractivity contribution in [2.45, 2.75) is 31.7 Å². The second-order valence-corrected chi connectivity index (χ2v) is 4.74. The van der Waals surface area contributed by atoms with Gasteiger partial charge in [0.15, 0.2) is 0 Å². The number of rotatable bonds is 7. The molecule has 108 valence electrons. The van der Waals surface area contributed by atoms with Crippen LogP contribution in [-0.4, -0.2) is 33.6 Å². The van der Waals surface area contributed by atoms with E-state index < -0.39 is 23.4 Å². The van der Waals surface area contributed by atoms with Crippen LogP contribution < -0.4 is 5.32 Å². The van der Waals surface area contributed by atoms with Crippen molar-refractivity contribution in [2.24, 2.45) is 0 Å². The number of carboxylic acids is 2. The lowest BCUT2D eigenvalue weighted by Gasteiger charge is -2.25. The molecule has 0 heterocycles. The first-order chi connectivity index (χ1) is 9.33. The van der Waals surface area contributed by atoms with Gasteiger partial charge in [0.05, 0.1) is 6.42 Å². The molecular formula is C14H17NO5. The number of carbonyl (C=O) groups is 3. The van der Waals surface area contributed by atoms with Crippen LogP contribution in [0.4, 0.5) is 0 Å². The topological polar surface area (TPSA) is 104 Å². The van der Waals surface area contributed by atoms with Crippen molar-refractivity contribution < 1.29 is 24.6 Å². The molecule has 0 aromatic heterocycles. The minimum Gasteiger partial charge on any atom is -0.481 e. The predicted molar refractivity (Wildman–Crippen MR) is 71.2 cm³/mol. The van der Waals surface area contributed by atoms with Crippen LogP contribution in [0.3, 0.4) is 0 Å². The zero-order chi connectivity index (χ0) is 15.2. The Kier molecular flexibility index (Phi) is 5.25. The molecule has 20 heavy (non-hydrogen) atoms. The van der Waals surface area contributed by atoms with E-state index in [4.69, 9.17) is 10.2 Å². The van der Waals surface area contributed by atoms with Crippen LogP contribution >= 0.6 is 0 Å². The maximum Gasteiger partial charge on any atom is 0.329 e. The smallest absolute Gasteiger partial charge is 0.329 e. The maximum absolute atomic E-state index is 11.9. The summed E-state index contributed by atoms with van der Waals surface area (Å²) < 4.78 is 0. The highest BCUT2D eigenvalue weighted by Crippen LogP contribution is 2.13. The molecule has 0 fully saturated rings. The van der Waals surface area contributed by atoms with Crippen LogP contribution in [0.5, 0.6) is 0 Å². The van der Waals surface area contributed by atoms with Crippen LogP contribution in [0.2, 0.25) is 0 Å². The van der Waals surface area contributed by atoms with E-state index in [0.717, 1.165) is 5.56 Å². The summed E-state index contributed by atoms with van der Waals surface area (Å²) in [5.74, 6) is -2.80. The second-order valence-electron chi connectivity index (χ2n) is 4.74. The number of carbonyl (C=O) groups excluding carboxylic acids is 1. The van der Waals surface area contributed by atoms with Crippen LogP contribution in [0.1, 0.15) is 25.3 Å². The number of benzene rings is 1. The van der Waals surface area contributed by atoms with E-state index >= 15 is 0 Å². The van der Waals surface area contributed by atoms with E-state index in [9.17, 15) is 14.4 Å². The molecule has 0 radical (unpaired) electrons. The normalized spacial score (nSPS) is 13.2. The summed E-state index contributed by atoms with van der Waals surface area (Å²) in [5.41, 5.74) is -0.819. The largest absolute Gasteiger partial charge is 0.481 e. The van der Waals surface area contributed by atoms with Gasteiger partial charge in [-0.3, -0.25) is 9.59 Å². The Morgan fingerprint density at radius 2 is 1.75 bits per heavy atom. The van der Waals surface area contributed by atoms with Gasteiger partial charge in [-0.1, -0.05) is 30.3 Å². The minimum absolute atomic E-state index is 0.0524. The molecule has 6 heteroatoms. The summed E-state index contributed by atoms with van der Waals surface area (Å²) in [6.07, 6.45) is -0.441. The Bertz CT molecular complexity index is 500. The highest BCUT2D eigenvalue weighted by Gasteiger charge is 2.35. The molecule has 1 aromatic carbocycles. The molecule has 1 amide bonds.